The maximum Gasteiger partial charge on any atom is 0.0468 e. The second-order valence-corrected chi connectivity index (χ2v) is 4.76. The third-order valence-corrected chi connectivity index (χ3v) is 4.28. The van der Waals surface area contributed by atoms with Gasteiger partial charge in [0.15, 0.2) is 0 Å². The van der Waals surface area contributed by atoms with Gasteiger partial charge in [-0.05, 0) is 31.1 Å². The summed E-state index contributed by atoms with van der Waals surface area (Å²) in [6, 6.07) is 0. The van der Waals surface area contributed by atoms with Crippen molar-refractivity contribution in [2.45, 2.75) is 19.3 Å². The summed E-state index contributed by atoms with van der Waals surface area (Å²) < 4.78 is 5.33. The molecule has 1 aliphatic rings. The normalized spacial score (nSPS) is 20.2. The molecule has 72 valence electrons. The Bertz CT molecular complexity index is 109. The molecule has 0 amide bonds. The van der Waals surface area contributed by atoms with Crippen LogP contribution in [-0.4, -0.2) is 23.9 Å². The maximum atomic E-state index is 5.33. The Morgan fingerprint density at radius 3 is 2.25 bits per heavy atom. The molecular weight excluding hydrogens is 284 g/mol. The van der Waals surface area contributed by atoms with Gasteiger partial charge in [-0.3, -0.25) is 0 Å². The van der Waals surface area contributed by atoms with Gasteiger partial charge >= 0.3 is 0 Å². The van der Waals surface area contributed by atoms with E-state index in [0.717, 1.165) is 35.7 Å². The monoisotopic (exact) mass is 298 g/mol. The van der Waals surface area contributed by atoms with Crippen molar-refractivity contribution in [3.05, 3.63) is 0 Å². The molecule has 0 radical (unpaired) electrons. The molecule has 0 aromatic carbocycles. The summed E-state index contributed by atoms with van der Waals surface area (Å²) in [6.45, 7) is 1.95. The predicted molar refractivity (Wildman–Crippen MR) is 59.2 cm³/mol. The Morgan fingerprint density at radius 2 is 1.75 bits per heavy atom. The lowest BCUT2D eigenvalue weighted by atomic mass is 9.91. The van der Waals surface area contributed by atoms with Crippen molar-refractivity contribution in [3.8, 4) is 0 Å². The van der Waals surface area contributed by atoms with Crippen molar-refractivity contribution in [1.29, 1.82) is 0 Å². The van der Waals surface area contributed by atoms with E-state index in [-0.39, 0.29) is 0 Å². The third kappa shape index (κ3) is 3.75. The molecule has 0 unspecified atom stereocenters. The lowest BCUT2D eigenvalue weighted by Crippen LogP contribution is -2.19. The summed E-state index contributed by atoms with van der Waals surface area (Å²) in [5.74, 6) is 1.70. The maximum absolute atomic E-state index is 5.33. The van der Waals surface area contributed by atoms with E-state index >= 15 is 0 Å². The Morgan fingerprint density at radius 1 is 1.17 bits per heavy atom. The molecule has 1 heterocycles. The molecule has 0 spiro atoms. The summed E-state index contributed by atoms with van der Waals surface area (Å²) in [6.07, 6.45) is 3.87. The second-order valence-electron chi connectivity index (χ2n) is 3.47. The fourth-order valence-electron chi connectivity index (χ4n) is 1.62. The van der Waals surface area contributed by atoms with E-state index in [4.69, 9.17) is 4.74 Å². The first-order valence-corrected chi connectivity index (χ1v) is 6.80. The van der Waals surface area contributed by atoms with Gasteiger partial charge in [-0.25, -0.2) is 0 Å². The summed E-state index contributed by atoms with van der Waals surface area (Å²) in [4.78, 5) is 0. The molecule has 0 bridgehead atoms. The number of halogens is 2. The molecule has 0 atom stereocenters. The zero-order valence-electron chi connectivity index (χ0n) is 7.27. The van der Waals surface area contributed by atoms with Crippen LogP contribution in [0.4, 0.5) is 0 Å². The Hall–Kier alpha value is 0.920. The summed E-state index contributed by atoms with van der Waals surface area (Å²) in [7, 11) is 0. The van der Waals surface area contributed by atoms with Crippen molar-refractivity contribution in [1.82, 2.24) is 0 Å². The van der Waals surface area contributed by atoms with Gasteiger partial charge in [0.2, 0.25) is 0 Å². The van der Waals surface area contributed by atoms with Gasteiger partial charge in [-0.15, -0.1) is 0 Å². The average molecular weight is 300 g/mol. The zero-order chi connectivity index (χ0) is 8.81. The third-order valence-electron chi connectivity index (χ3n) is 2.44. The van der Waals surface area contributed by atoms with Crippen LogP contribution in [0.5, 0.6) is 0 Å². The van der Waals surface area contributed by atoms with Crippen LogP contribution in [0.3, 0.4) is 0 Å². The first-order chi connectivity index (χ1) is 5.86. The average Bonchev–Trinajstić information content (AvgIpc) is 2.16. The summed E-state index contributed by atoms with van der Waals surface area (Å²) in [5.41, 5.74) is 0. The number of ether oxygens (including phenoxy) is 1. The van der Waals surface area contributed by atoms with Gasteiger partial charge in [0, 0.05) is 23.9 Å². The van der Waals surface area contributed by atoms with E-state index in [1.807, 2.05) is 0 Å². The van der Waals surface area contributed by atoms with Crippen LogP contribution in [0.25, 0.3) is 0 Å². The van der Waals surface area contributed by atoms with Crippen LogP contribution in [0.1, 0.15) is 19.3 Å². The number of rotatable bonds is 4. The van der Waals surface area contributed by atoms with Crippen LogP contribution in [0.15, 0.2) is 0 Å². The van der Waals surface area contributed by atoms with Crippen LogP contribution in [0.2, 0.25) is 0 Å². The molecule has 1 fully saturated rings. The molecule has 1 saturated heterocycles. The van der Waals surface area contributed by atoms with E-state index in [9.17, 15) is 0 Å². The summed E-state index contributed by atoms with van der Waals surface area (Å²) in [5, 5.41) is 2.24. The lowest BCUT2D eigenvalue weighted by Gasteiger charge is -2.24. The minimum atomic E-state index is 0.799. The molecule has 1 aliphatic heterocycles. The van der Waals surface area contributed by atoms with Crippen molar-refractivity contribution in [2.75, 3.05) is 23.9 Å². The quantitative estimate of drug-likeness (QED) is 0.724. The van der Waals surface area contributed by atoms with Crippen molar-refractivity contribution in [2.24, 2.45) is 11.8 Å². The van der Waals surface area contributed by atoms with Crippen LogP contribution < -0.4 is 0 Å². The highest BCUT2D eigenvalue weighted by atomic mass is 79.9. The fraction of sp³-hybridized carbons (Fsp3) is 1.00. The SMILES string of the molecule is BrCC(CBr)CC1CCOCC1. The van der Waals surface area contributed by atoms with Crippen molar-refractivity contribution in [3.63, 3.8) is 0 Å². The largest absolute Gasteiger partial charge is 0.381 e. The first kappa shape index (κ1) is 11.0. The number of hydrogen-bond donors (Lipinski definition) is 0. The molecule has 0 N–H and O–H groups in total. The number of alkyl halides is 2. The molecule has 1 nitrogen and oxygen atoms in total. The van der Waals surface area contributed by atoms with Crippen LogP contribution in [0, 0.1) is 11.8 Å². The van der Waals surface area contributed by atoms with Gasteiger partial charge in [0.25, 0.3) is 0 Å². The molecule has 12 heavy (non-hydrogen) atoms. The molecule has 1 rings (SSSR count). The molecular formula is C9H16Br2O. The van der Waals surface area contributed by atoms with Gasteiger partial charge in [-0.2, -0.15) is 0 Å². The Labute approximate surface area is 91.5 Å². The Kier molecular flexibility index (Phi) is 5.85. The predicted octanol–water partition coefficient (Wildman–Crippen LogP) is 3.21. The minimum Gasteiger partial charge on any atom is -0.381 e. The van der Waals surface area contributed by atoms with E-state index in [0.29, 0.717) is 0 Å². The van der Waals surface area contributed by atoms with Gasteiger partial charge in [0.05, 0.1) is 0 Å². The van der Waals surface area contributed by atoms with E-state index < -0.39 is 0 Å². The molecule has 0 aromatic rings. The lowest BCUT2D eigenvalue weighted by molar-refractivity contribution is 0.0606. The highest BCUT2D eigenvalue weighted by molar-refractivity contribution is 9.09. The zero-order valence-corrected chi connectivity index (χ0v) is 10.4. The topological polar surface area (TPSA) is 9.23 Å². The molecule has 3 heteroatoms. The van der Waals surface area contributed by atoms with Gasteiger partial charge in [-0.1, -0.05) is 31.9 Å². The smallest absolute Gasteiger partial charge is 0.0468 e. The molecule has 0 aliphatic carbocycles. The van der Waals surface area contributed by atoms with Gasteiger partial charge < -0.3 is 4.74 Å². The second kappa shape index (κ2) is 6.39. The molecule has 0 aromatic heterocycles. The Balaban J connectivity index is 2.18. The standard InChI is InChI=1S/C9H16Br2O/c10-6-9(7-11)5-8-1-3-12-4-2-8/h8-9H,1-7H2. The highest BCUT2D eigenvalue weighted by Crippen LogP contribution is 2.24. The van der Waals surface area contributed by atoms with Gasteiger partial charge in [0.1, 0.15) is 0 Å². The van der Waals surface area contributed by atoms with Crippen LogP contribution >= 0.6 is 31.9 Å². The highest BCUT2D eigenvalue weighted by Gasteiger charge is 2.17. The van der Waals surface area contributed by atoms with E-state index in [1.54, 1.807) is 0 Å². The van der Waals surface area contributed by atoms with E-state index in [1.165, 1.54) is 19.3 Å². The first-order valence-electron chi connectivity index (χ1n) is 4.56. The van der Waals surface area contributed by atoms with E-state index in [2.05, 4.69) is 31.9 Å². The van der Waals surface area contributed by atoms with Crippen LogP contribution in [-0.2, 0) is 4.74 Å². The molecule has 0 saturated carbocycles. The summed E-state index contributed by atoms with van der Waals surface area (Å²) >= 11 is 7.08. The fourth-order valence-corrected chi connectivity index (χ4v) is 3.22. The van der Waals surface area contributed by atoms with Crippen molar-refractivity contribution >= 4 is 31.9 Å². The minimum absolute atomic E-state index is 0.799. The van der Waals surface area contributed by atoms with Crippen molar-refractivity contribution < 1.29 is 4.74 Å². The number of hydrogen-bond acceptors (Lipinski definition) is 1.